The zero-order valence-electron chi connectivity index (χ0n) is 15.2. The minimum absolute atomic E-state index is 0.0852. The normalized spacial score (nSPS) is 23.3. The molecule has 2 aromatic rings. The summed E-state index contributed by atoms with van der Waals surface area (Å²) < 4.78 is 0. The van der Waals surface area contributed by atoms with E-state index in [2.05, 4.69) is 4.98 Å². The number of thiazole rings is 1. The van der Waals surface area contributed by atoms with Crippen LogP contribution in [0.4, 0.5) is 0 Å². The molecule has 4 rings (SSSR count). The summed E-state index contributed by atoms with van der Waals surface area (Å²) in [5.41, 5.74) is 8.03. The maximum absolute atomic E-state index is 13.3. The van der Waals surface area contributed by atoms with Gasteiger partial charge in [-0.05, 0) is 37.2 Å². The number of hydrogen-bond donors (Lipinski definition) is 2. The monoisotopic (exact) mass is 385 g/mol. The molecular formula is C20H23N3O3S. The highest BCUT2D eigenvalue weighted by atomic mass is 32.1. The van der Waals surface area contributed by atoms with Gasteiger partial charge < -0.3 is 15.7 Å². The van der Waals surface area contributed by atoms with Crippen LogP contribution < -0.4 is 5.73 Å². The van der Waals surface area contributed by atoms with Gasteiger partial charge in [-0.1, -0.05) is 29.8 Å². The van der Waals surface area contributed by atoms with Gasteiger partial charge in [0.05, 0.1) is 9.88 Å². The quantitative estimate of drug-likeness (QED) is 0.795. The number of amides is 2. The number of hydrogen-bond acceptors (Lipinski definition) is 5. The van der Waals surface area contributed by atoms with Crippen molar-refractivity contribution in [2.24, 2.45) is 17.6 Å². The standard InChI is InChI=1S/C20H23N3O3S/c1-11-4-2-5-12(8-11)18-16(22-15(27-18)6-3-7-24)20(26)23-10-13-9-14(13)17(23)19(21)25/h2,4-5,8,13-14,17,24H,3,6-7,9-10H2,1H3,(H2,21,25)/t13-,14-,17+/m1/s1. The number of fused-ring (bicyclic) bond motifs is 1. The van der Waals surface area contributed by atoms with E-state index in [1.54, 1.807) is 4.90 Å². The van der Waals surface area contributed by atoms with E-state index in [-0.39, 0.29) is 18.4 Å². The fourth-order valence-corrected chi connectivity index (χ4v) is 5.10. The fourth-order valence-electron chi connectivity index (χ4n) is 4.00. The summed E-state index contributed by atoms with van der Waals surface area (Å²) >= 11 is 1.48. The first-order chi connectivity index (χ1) is 13.0. The number of rotatable bonds is 6. The molecule has 0 radical (unpaired) electrons. The molecule has 2 aliphatic rings. The molecule has 7 heteroatoms. The Hall–Kier alpha value is -2.25. The molecule has 3 atom stereocenters. The van der Waals surface area contributed by atoms with Crippen LogP contribution in [-0.4, -0.2) is 46.0 Å². The van der Waals surface area contributed by atoms with Gasteiger partial charge in [-0.15, -0.1) is 11.3 Å². The molecule has 3 N–H and O–H groups in total. The lowest BCUT2D eigenvalue weighted by atomic mass is 10.1. The number of nitrogens with two attached hydrogens (primary N) is 1. The minimum Gasteiger partial charge on any atom is -0.396 e. The van der Waals surface area contributed by atoms with Gasteiger partial charge in [-0.2, -0.15) is 0 Å². The van der Waals surface area contributed by atoms with Crippen molar-refractivity contribution in [1.82, 2.24) is 9.88 Å². The molecule has 0 bridgehead atoms. The molecule has 1 aliphatic carbocycles. The zero-order valence-corrected chi connectivity index (χ0v) is 16.0. The first-order valence-electron chi connectivity index (χ1n) is 9.27. The average molecular weight is 385 g/mol. The zero-order chi connectivity index (χ0) is 19.1. The molecule has 1 aliphatic heterocycles. The van der Waals surface area contributed by atoms with Gasteiger partial charge in [-0.25, -0.2) is 4.98 Å². The van der Waals surface area contributed by atoms with Crippen LogP contribution >= 0.6 is 11.3 Å². The number of primary amides is 1. The number of carbonyl (C=O) groups is 2. The number of likely N-dealkylation sites (tertiary alicyclic amines) is 1. The van der Waals surface area contributed by atoms with Crippen LogP contribution in [0.1, 0.15) is 33.9 Å². The molecule has 2 amide bonds. The van der Waals surface area contributed by atoms with Crippen molar-refractivity contribution in [3.05, 3.63) is 40.5 Å². The van der Waals surface area contributed by atoms with E-state index in [9.17, 15) is 9.59 Å². The van der Waals surface area contributed by atoms with Crippen molar-refractivity contribution in [3.63, 3.8) is 0 Å². The Morgan fingerprint density at radius 2 is 2.22 bits per heavy atom. The van der Waals surface area contributed by atoms with Gasteiger partial charge in [0.1, 0.15) is 11.7 Å². The Labute approximate surface area is 162 Å². The number of aryl methyl sites for hydroxylation is 2. The summed E-state index contributed by atoms with van der Waals surface area (Å²) in [7, 11) is 0. The third-order valence-electron chi connectivity index (χ3n) is 5.41. The summed E-state index contributed by atoms with van der Waals surface area (Å²) in [5, 5.41) is 9.94. The molecule has 1 aromatic carbocycles. The molecule has 0 spiro atoms. The molecule has 1 saturated heterocycles. The number of nitrogens with zero attached hydrogens (tertiary/aromatic N) is 2. The lowest BCUT2D eigenvalue weighted by Crippen LogP contribution is -2.46. The largest absolute Gasteiger partial charge is 0.396 e. The van der Waals surface area contributed by atoms with E-state index in [4.69, 9.17) is 10.8 Å². The van der Waals surface area contributed by atoms with Crippen molar-refractivity contribution >= 4 is 23.2 Å². The maximum Gasteiger partial charge on any atom is 0.274 e. The van der Waals surface area contributed by atoms with Crippen molar-refractivity contribution in [3.8, 4) is 10.4 Å². The van der Waals surface area contributed by atoms with Crippen molar-refractivity contribution in [2.75, 3.05) is 13.2 Å². The Balaban J connectivity index is 1.71. The Kier molecular flexibility index (Phi) is 4.74. The summed E-state index contributed by atoms with van der Waals surface area (Å²) in [5.74, 6) is -0.0436. The van der Waals surface area contributed by atoms with E-state index in [1.807, 2.05) is 31.2 Å². The Morgan fingerprint density at radius 1 is 1.41 bits per heavy atom. The first-order valence-corrected chi connectivity index (χ1v) is 10.1. The molecule has 6 nitrogen and oxygen atoms in total. The van der Waals surface area contributed by atoms with Gasteiger partial charge in [0.15, 0.2) is 0 Å². The van der Waals surface area contributed by atoms with Gasteiger partial charge in [0.25, 0.3) is 5.91 Å². The second kappa shape index (κ2) is 7.05. The van der Waals surface area contributed by atoms with Crippen LogP contribution in [0.25, 0.3) is 10.4 Å². The smallest absolute Gasteiger partial charge is 0.274 e. The third kappa shape index (κ3) is 3.37. The van der Waals surface area contributed by atoms with E-state index >= 15 is 0 Å². The molecule has 0 unspecified atom stereocenters. The van der Waals surface area contributed by atoms with Crippen molar-refractivity contribution in [1.29, 1.82) is 0 Å². The maximum atomic E-state index is 13.3. The van der Waals surface area contributed by atoms with Crippen molar-refractivity contribution in [2.45, 2.75) is 32.2 Å². The summed E-state index contributed by atoms with van der Waals surface area (Å²) in [4.78, 5) is 32.3. The predicted octanol–water partition coefficient (Wildman–Crippen LogP) is 1.99. The van der Waals surface area contributed by atoms with E-state index < -0.39 is 11.9 Å². The Morgan fingerprint density at radius 3 is 2.93 bits per heavy atom. The Bertz CT molecular complexity index is 894. The molecule has 142 valence electrons. The average Bonchev–Trinajstić information content (AvgIpc) is 3.11. The second-order valence-electron chi connectivity index (χ2n) is 7.45. The molecule has 1 saturated carbocycles. The van der Waals surface area contributed by atoms with E-state index in [0.29, 0.717) is 31.0 Å². The molecule has 27 heavy (non-hydrogen) atoms. The van der Waals surface area contributed by atoms with Crippen LogP contribution in [-0.2, 0) is 11.2 Å². The van der Waals surface area contributed by atoms with Gasteiger partial charge in [0.2, 0.25) is 5.91 Å². The predicted molar refractivity (Wildman–Crippen MR) is 103 cm³/mol. The highest BCUT2D eigenvalue weighted by molar-refractivity contribution is 7.15. The van der Waals surface area contributed by atoms with Gasteiger partial charge in [0, 0.05) is 19.6 Å². The second-order valence-corrected chi connectivity index (χ2v) is 8.53. The van der Waals surface area contributed by atoms with E-state index in [0.717, 1.165) is 27.4 Å². The minimum atomic E-state index is -0.518. The van der Waals surface area contributed by atoms with Crippen molar-refractivity contribution < 1.29 is 14.7 Å². The topological polar surface area (TPSA) is 96.5 Å². The summed E-state index contributed by atoms with van der Waals surface area (Å²) in [6.45, 7) is 2.67. The first kappa shape index (κ1) is 18.1. The molecule has 1 aromatic heterocycles. The number of carbonyl (C=O) groups excluding carboxylic acids is 2. The number of piperidine rings is 1. The van der Waals surface area contributed by atoms with Crippen LogP contribution in [0.3, 0.4) is 0 Å². The third-order valence-corrected chi connectivity index (χ3v) is 6.57. The van der Waals surface area contributed by atoms with Crippen LogP contribution in [0.5, 0.6) is 0 Å². The summed E-state index contributed by atoms with van der Waals surface area (Å²) in [6.07, 6.45) is 2.20. The van der Waals surface area contributed by atoms with Gasteiger partial charge >= 0.3 is 0 Å². The van der Waals surface area contributed by atoms with Crippen LogP contribution in [0, 0.1) is 18.8 Å². The lowest BCUT2D eigenvalue weighted by Gasteiger charge is -2.24. The highest BCUT2D eigenvalue weighted by Crippen LogP contribution is 2.50. The number of aliphatic hydroxyl groups excluding tert-OH is 1. The van der Waals surface area contributed by atoms with Gasteiger partial charge in [-0.3, -0.25) is 9.59 Å². The summed E-state index contributed by atoms with van der Waals surface area (Å²) in [6, 6.07) is 7.46. The molecule has 2 fully saturated rings. The van der Waals surface area contributed by atoms with Crippen LogP contribution in [0.2, 0.25) is 0 Å². The highest BCUT2D eigenvalue weighted by Gasteiger charge is 2.56. The van der Waals surface area contributed by atoms with Crippen LogP contribution in [0.15, 0.2) is 24.3 Å². The molecule has 2 heterocycles. The number of aromatic nitrogens is 1. The molecular weight excluding hydrogens is 362 g/mol. The van der Waals surface area contributed by atoms with E-state index in [1.165, 1.54) is 11.3 Å². The fraction of sp³-hybridized carbons (Fsp3) is 0.450. The number of aliphatic hydroxyl groups is 1. The lowest BCUT2D eigenvalue weighted by molar-refractivity contribution is -0.122. The number of benzene rings is 1. The SMILES string of the molecule is Cc1cccc(-c2sc(CCCO)nc2C(=O)N2C[C@H]3C[C@H]3[C@H]2C(N)=O)c1.